The average molecular weight is 377 g/mol. The fraction of sp³-hybridized carbons (Fsp3) is 0.304. The topological polar surface area (TPSA) is 47.4 Å². The molecule has 2 aromatic carbocycles. The highest BCUT2D eigenvalue weighted by molar-refractivity contribution is 5.95. The molecule has 0 aliphatic rings. The summed E-state index contributed by atoms with van der Waals surface area (Å²) in [5.74, 6) is 1.63. The molecule has 0 spiro atoms. The van der Waals surface area contributed by atoms with E-state index in [9.17, 15) is 4.79 Å². The maximum absolute atomic E-state index is 13.1. The van der Waals surface area contributed by atoms with Crippen LogP contribution in [0.3, 0.4) is 0 Å². The number of carbonyl (C=O) groups excluding carboxylic acids is 1. The maximum Gasteiger partial charge on any atom is 0.254 e. The van der Waals surface area contributed by atoms with Crippen molar-refractivity contribution in [2.24, 2.45) is 0 Å². The highest BCUT2D eigenvalue weighted by atomic mass is 16.5. The summed E-state index contributed by atoms with van der Waals surface area (Å²) in [5.41, 5.74) is 2.61. The second-order valence-corrected chi connectivity index (χ2v) is 7.20. The molecule has 5 nitrogen and oxygen atoms in total. The minimum absolute atomic E-state index is 0.0279. The van der Waals surface area contributed by atoms with Crippen LogP contribution in [0.4, 0.5) is 0 Å². The van der Waals surface area contributed by atoms with E-state index in [1.54, 1.807) is 18.2 Å². The van der Waals surface area contributed by atoms with Crippen molar-refractivity contribution in [3.63, 3.8) is 0 Å². The number of imidazole rings is 1. The van der Waals surface area contributed by atoms with Crippen LogP contribution in [-0.2, 0) is 0 Å². The highest BCUT2D eigenvalue weighted by Crippen LogP contribution is 2.26. The molecule has 0 bridgehead atoms. The Morgan fingerprint density at radius 1 is 1.11 bits per heavy atom. The second-order valence-electron chi connectivity index (χ2n) is 7.20. The summed E-state index contributed by atoms with van der Waals surface area (Å²) in [6.45, 7) is 6.25. The van der Waals surface area contributed by atoms with Gasteiger partial charge in [0.2, 0.25) is 0 Å². The summed E-state index contributed by atoms with van der Waals surface area (Å²) in [4.78, 5) is 19.4. The van der Waals surface area contributed by atoms with Gasteiger partial charge in [0.15, 0.2) is 0 Å². The first-order valence-electron chi connectivity index (χ1n) is 9.46. The van der Waals surface area contributed by atoms with Crippen LogP contribution < -0.4 is 4.74 Å². The molecule has 3 aromatic rings. The van der Waals surface area contributed by atoms with Crippen molar-refractivity contribution in [1.29, 1.82) is 0 Å². The molecule has 0 saturated carbocycles. The number of aromatic nitrogens is 2. The van der Waals surface area contributed by atoms with E-state index in [1.807, 2.05) is 68.7 Å². The zero-order chi connectivity index (χ0) is 20.3. The molecule has 5 heteroatoms. The molecule has 1 atom stereocenters. The van der Waals surface area contributed by atoms with Crippen LogP contribution in [-0.4, -0.2) is 34.5 Å². The largest absolute Gasteiger partial charge is 0.497 e. The number of hydrogen-bond donors (Lipinski definition) is 0. The zero-order valence-electron chi connectivity index (χ0n) is 17.1. The van der Waals surface area contributed by atoms with Gasteiger partial charge >= 0.3 is 0 Å². The van der Waals surface area contributed by atoms with E-state index in [4.69, 9.17) is 4.74 Å². The summed E-state index contributed by atoms with van der Waals surface area (Å²) < 4.78 is 7.41. The number of benzene rings is 2. The molecule has 0 aliphatic heterocycles. The molecule has 0 N–H and O–H groups in total. The van der Waals surface area contributed by atoms with Gasteiger partial charge in [-0.1, -0.05) is 24.3 Å². The lowest BCUT2D eigenvalue weighted by Crippen LogP contribution is -2.29. The van der Waals surface area contributed by atoms with Crippen molar-refractivity contribution in [2.45, 2.75) is 32.9 Å². The predicted molar refractivity (Wildman–Crippen MR) is 112 cm³/mol. The van der Waals surface area contributed by atoms with E-state index in [2.05, 4.69) is 23.4 Å². The smallest absolute Gasteiger partial charge is 0.254 e. The summed E-state index contributed by atoms with van der Waals surface area (Å²) in [6.07, 6.45) is 3.76. The number of carbonyl (C=O) groups is 1. The van der Waals surface area contributed by atoms with Crippen molar-refractivity contribution < 1.29 is 9.53 Å². The molecule has 1 heterocycles. The summed E-state index contributed by atoms with van der Waals surface area (Å²) >= 11 is 0. The Morgan fingerprint density at radius 2 is 1.86 bits per heavy atom. The Labute approximate surface area is 166 Å². The van der Waals surface area contributed by atoms with Gasteiger partial charge in [0, 0.05) is 36.6 Å². The Morgan fingerprint density at radius 3 is 2.57 bits per heavy atom. The molecular formula is C23H27N3O2. The molecule has 1 amide bonds. The van der Waals surface area contributed by atoms with Gasteiger partial charge in [-0.15, -0.1) is 0 Å². The third-order valence-electron chi connectivity index (χ3n) is 5.07. The van der Waals surface area contributed by atoms with Crippen LogP contribution in [0, 0.1) is 0 Å². The molecule has 0 fully saturated rings. The highest BCUT2D eigenvalue weighted by Gasteiger charge is 2.20. The molecule has 0 radical (unpaired) electrons. The number of amides is 1. The fourth-order valence-electron chi connectivity index (χ4n) is 3.25. The first-order chi connectivity index (χ1) is 13.4. The Hall–Kier alpha value is -3.08. The third-order valence-corrected chi connectivity index (χ3v) is 5.07. The molecule has 0 aliphatic carbocycles. The van der Waals surface area contributed by atoms with Gasteiger partial charge in [-0.2, -0.15) is 0 Å². The Bertz CT molecular complexity index is 962. The van der Waals surface area contributed by atoms with Crippen molar-refractivity contribution in [1.82, 2.24) is 14.5 Å². The maximum atomic E-state index is 13.1. The average Bonchev–Trinajstić information content (AvgIpc) is 3.22. The fourth-order valence-corrected chi connectivity index (χ4v) is 3.25. The van der Waals surface area contributed by atoms with E-state index in [0.717, 1.165) is 22.7 Å². The molecule has 3 rings (SSSR count). The van der Waals surface area contributed by atoms with Gasteiger partial charge < -0.3 is 14.2 Å². The normalized spacial score (nSPS) is 12.1. The zero-order valence-corrected chi connectivity index (χ0v) is 17.1. The van der Waals surface area contributed by atoms with Crippen LogP contribution in [0.2, 0.25) is 0 Å². The molecule has 28 heavy (non-hydrogen) atoms. The Kier molecular flexibility index (Phi) is 5.83. The SMILES string of the molecule is COc1cccc(C(C)N(C)C(=O)c2cccc(-c3nccn3C(C)C)c2)c1. The molecule has 1 unspecified atom stereocenters. The van der Waals surface area contributed by atoms with Crippen molar-refractivity contribution >= 4 is 5.91 Å². The van der Waals surface area contributed by atoms with Crippen LogP contribution in [0.5, 0.6) is 5.75 Å². The van der Waals surface area contributed by atoms with Crippen molar-refractivity contribution in [3.8, 4) is 17.1 Å². The van der Waals surface area contributed by atoms with E-state index < -0.39 is 0 Å². The van der Waals surface area contributed by atoms with Crippen molar-refractivity contribution in [2.75, 3.05) is 14.2 Å². The van der Waals surface area contributed by atoms with Gasteiger partial charge in [-0.05, 0) is 50.6 Å². The third kappa shape index (κ3) is 3.93. The van der Waals surface area contributed by atoms with E-state index in [0.29, 0.717) is 11.6 Å². The summed E-state index contributed by atoms with van der Waals surface area (Å²) in [6, 6.07) is 15.7. The lowest BCUT2D eigenvalue weighted by molar-refractivity contribution is 0.0742. The minimum Gasteiger partial charge on any atom is -0.497 e. The molecule has 146 valence electrons. The quantitative estimate of drug-likeness (QED) is 0.609. The number of methoxy groups -OCH3 is 1. The Balaban J connectivity index is 1.87. The van der Waals surface area contributed by atoms with Crippen LogP contribution in [0.25, 0.3) is 11.4 Å². The van der Waals surface area contributed by atoms with Gasteiger partial charge in [0.1, 0.15) is 11.6 Å². The number of rotatable bonds is 6. The monoisotopic (exact) mass is 377 g/mol. The van der Waals surface area contributed by atoms with Gasteiger partial charge in [0.05, 0.1) is 13.2 Å². The van der Waals surface area contributed by atoms with Gasteiger partial charge in [0.25, 0.3) is 5.91 Å². The van der Waals surface area contributed by atoms with E-state index >= 15 is 0 Å². The standard InChI is InChI=1S/C23H27N3O2/c1-16(2)26-13-12-24-22(26)19-9-6-10-20(14-19)23(27)25(4)17(3)18-8-7-11-21(15-18)28-5/h6-17H,1-5H3. The van der Waals surface area contributed by atoms with Gasteiger partial charge in [-0.3, -0.25) is 4.79 Å². The van der Waals surface area contributed by atoms with Crippen molar-refractivity contribution in [3.05, 3.63) is 72.1 Å². The summed E-state index contributed by atoms with van der Waals surface area (Å²) in [5, 5.41) is 0. The van der Waals surface area contributed by atoms with Crippen LogP contribution in [0.1, 0.15) is 48.8 Å². The molecule has 0 saturated heterocycles. The summed E-state index contributed by atoms with van der Waals surface area (Å²) in [7, 11) is 3.47. The molecule has 1 aromatic heterocycles. The van der Waals surface area contributed by atoms with Crippen LogP contribution >= 0.6 is 0 Å². The molecular weight excluding hydrogens is 350 g/mol. The van der Waals surface area contributed by atoms with Crippen LogP contribution in [0.15, 0.2) is 60.9 Å². The number of hydrogen-bond acceptors (Lipinski definition) is 3. The van der Waals surface area contributed by atoms with E-state index in [1.165, 1.54) is 0 Å². The lowest BCUT2D eigenvalue weighted by Gasteiger charge is -2.26. The van der Waals surface area contributed by atoms with E-state index in [-0.39, 0.29) is 11.9 Å². The first kappa shape index (κ1) is 19.7. The number of nitrogens with zero attached hydrogens (tertiary/aromatic N) is 3. The first-order valence-corrected chi connectivity index (χ1v) is 9.46. The van der Waals surface area contributed by atoms with Gasteiger partial charge in [-0.25, -0.2) is 4.98 Å². The minimum atomic E-state index is -0.0797. The number of ether oxygens (including phenoxy) is 1. The predicted octanol–water partition coefficient (Wildman–Crippen LogP) is 4.97. The second kappa shape index (κ2) is 8.30. The lowest BCUT2D eigenvalue weighted by atomic mass is 10.0.